The van der Waals surface area contributed by atoms with E-state index in [-0.39, 0.29) is 6.04 Å². The zero-order chi connectivity index (χ0) is 49.0. The van der Waals surface area contributed by atoms with Gasteiger partial charge >= 0.3 is 0 Å². The lowest BCUT2D eigenvalue weighted by Crippen LogP contribution is -2.40. The number of aromatic nitrogens is 5. The number of benzene rings is 10. The van der Waals surface area contributed by atoms with Crippen molar-refractivity contribution in [2.75, 3.05) is 0 Å². The second kappa shape index (κ2) is 18.1. The van der Waals surface area contributed by atoms with Crippen LogP contribution in [0.25, 0.3) is 117 Å². The summed E-state index contributed by atoms with van der Waals surface area (Å²) in [7, 11) is 0. The minimum atomic E-state index is -0.00812. The molecule has 0 atom stereocenters. The molecule has 1 aliphatic rings. The van der Waals surface area contributed by atoms with E-state index in [2.05, 4.69) is 270 Å². The normalized spacial score (nSPS) is 12.0. The van der Waals surface area contributed by atoms with Crippen LogP contribution in [0.5, 0.6) is 0 Å². The van der Waals surface area contributed by atoms with Crippen molar-refractivity contribution in [1.29, 1.82) is 0 Å². The summed E-state index contributed by atoms with van der Waals surface area (Å²) in [6, 6.07) is 95.2. The van der Waals surface area contributed by atoms with Crippen LogP contribution in [0, 0.1) is 0 Å². The quantitative estimate of drug-likeness (QED) is 0.135. The number of fused-ring (bicyclic) bond motifs is 6. The Kier molecular flexibility index (Phi) is 10.5. The Hall–Kier alpha value is -9.84. The summed E-state index contributed by atoms with van der Waals surface area (Å²) in [5.41, 5.74) is 21.2. The molecule has 0 N–H and O–H groups in total. The average Bonchev–Trinajstić information content (AvgIpc) is 4.01. The molecule has 0 spiro atoms. The topological polar surface area (TPSA) is 47.5 Å². The fourth-order valence-corrected chi connectivity index (χ4v) is 11.2. The fraction of sp³-hybridized carbons (Fsp3) is 0.0145. The first kappa shape index (κ1) is 43.0. The third-order valence-corrected chi connectivity index (χ3v) is 14.6. The maximum Gasteiger partial charge on any atom is 0.239 e. The van der Waals surface area contributed by atoms with Crippen LogP contribution < -0.4 is 4.57 Å². The van der Waals surface area contributed by atoms with Crippen LogP contribution in [0.2, 0.25) is 0 Å². The van der Waals surface area contributed by atoms with E-state index in [0.717, 1.165) is 77.9 Å². The Morgan fingerprint density at radius 2 is 0.676 bits per heavy atom. The van der Waals surface area contributed by atoms with Crippen molar-refractivity contribution in [1.82, 2.24) is 19.5 Å². The van der Waals surface area contributed by atoms with Gasteiger partial charge < -0.3 is 4.57 Å². The second-order valence-electron chi connectivity index (χ2n) is 18.9. The zero-order valence-electron chi connectivity index (χ0n) is 40.3. The number of hydrogen-bond acceptors (Lipinski definition) is 3. The number of para-hydroxylation sites is 1. The lowest BCUT2D eigenvalue weighted by atomic mass is 9.92. The SMILES string of the molecule is c1ccc(-c2ccc(-c3nc(-c4ccc(-c5ccccc5)cc4)nc(-c4cc(-c5ccccc5)c(-n5c6ccccc6c6c5ccc[n+]6C5c6ccccc6-c6ccccc65)c(-c5ccccc5)c4)n3)cc2)cc1. The van der Waals surface area contributed by atoms with Crippen LogP contribution in [0.1, 0.15) is 17.2 Å². The van der Waals surface area contributed by atoms with Crippen molar-refractivity contribution < 1.29 is 4.57 Å². The third kappa shape index (κ3) is 7.41. The Morgan fingerprint density at radius 3 is 1.18 bits per heavy atom. The Labute approximate surface area is 429 Å². The van der Waals surface area contributed by atoms with Gasteiger partial charge in [0.1, 0.15) is 5.52 Å². The number of pyridine rings is 1. The van der Waals surface area contributed by atoms with Crippen molar-refractivity contribution in [3.05, 3.63) is 284 Å². The zero-order valence-corrected chi connectivity index (χ0v) is 40.3. The molecule has 0 saturated heterocycles. The summed E-state index contributed by atoms with van der Waals surface area (Å²) >= 11 is 0. The molecular weight excluding hydrogens is 899 g/mol. The van der Waals surface area contributed by atoms with Crippen molar-refractivity contribution in [2.24, 2.45) is 0 Å². The largest absolute Gasteiger partial charge is 0.303 e. The van der Waals surface area contributed by atoms with Gasteiger partial charge in [0.25, 0.3) is 0 Å². The molecule has 0 amide bonds. The molecule has 0 unspecified atom stereocenters. The second-order valence-corrected chi connectivity index (χ2v) is 18.9. The van der Waals surface area contributed by atoms with Crippen molar-refractivity contribution in [3.63, 3.8) is 0 Å². The Balaban J connectivity index is 1.02. The van der Waals surface area contributed by atoms with E-state index in [1.807, 2.05) is 12.1 Å². The summed E-state index contributed by atoms with van der Waals surface area (Å²) in [4.78, 5) is 16.0. The summed E-state index contributed by atoms with van der Waals surface area (Å²) in [5, 5.41) is 1.18. The average molecular weight is 945 g/mol. The number of nitrogens with zero attached hydrogens (tertiary/aromatic N) is 5. The Bertz CT molecular complexity index is 4000. The van der Waals surface area contributed by atoms with E-state index >= 15 is 0 Å². The van der Waals surface area contributed by atoms with Crippen molar-refractivity contribution in [2.45, 2.75) is 6.04 Å². The number of hydrogen-bond donors (Lipinski definition) is 0. The molecule has 0 bridgehead atoms. The molecule has 0 aliphatic heterocycles. The summed E-state index contributed by atoms with van der Waals surface area (Å²) in [5.74, 6) is 1.79. The summed E-state index contributed by atoms with van der Waals surface area (Å²) in [6.45, 7) is 0. The summed E-state index contributed by atoms with van der Waals surface area (Å²) < 4.78 is 5.00. The standard InChI is InChI=1S/C69H46N5/c1-5-20-46(21-6-1)48-35-39-52(40-36-48)67-70-68(53-41-37-49(38-42-53)47-22-7-2-8-23-47)72-69(71-67)54-44-60(50-24-9-3-10-25-50)65(61(45-54)51-26-11-4-12-27-51)74-62-33-18-17-32-59(62)66-63(74)34-19-43-73(66)64-57-30-15-13-28-55(57)56-29-14-16-31-58(56)64/h1-45,64H/q+1. The van der Waals surface area contributed by atoms with Crippen LogP contribution >= 0.6 is 0 Å². The van der Waals surface area contributed by atoms with Gasteiger partial charge in [-0.25, -0.2) is 15.0 Å². The van der Waals surface area contributed by atoms with Gasteiger partial charge in [0, 0.05) is 45.0 Å². The molecule has 3 heterocycles. The van der Waals surface area contributed by atoms with E-state index in [0.29, 0.717) is 17.5 Å². The predicted octanol–water partition coefficient (Wildman–Crippen LogP) is 16.5. The maximum absolute atomic E-state index is 5.39. The molecular formula is C69H46N5+. The van der Waals surface area contributed by atoms with E-state index in [1.54, 1.807) is 0 Å². The number of rotatable bonds is 9. The lowest BCUT2D eigenvalue weighted by molar-refractivity contribution is -0.678. The monoisotopic (exact) mass is 944 g/mol. The third-order valence-electron chi connectivity index (χ3n) is 14.6. The highest BCUT2D eigenvalue weighted by atomic mass is 15.1. The van der Waals surface area contributed by atoms with E-state index in [4.69, 9.17) is 15.0 Å². The van der Waals surface area contributed by atoms with Crippen LogP contribution in [0.15, 0.2) is 273 Å². The first-order chi connectivity index (χ1) is 36.7. The van der Waals surface area contributed by atoms with E-state index in [9.17, 15) is 0 Å². The van der Waals surface area contributed by atoms with Gasteiger partial charge in [0.2, 0.25) is 11.6 Å². The molecule has 74 heavy (non-hydrogen) atoms. The molecule has 5 nitrogen and oxygen atoms in total. The molecule has 5 heteroatoms. The Morgan fingerprint density at radius 1 is 0.297 bits per heavy atom. The smallest absolute Gasteiger partial charge is 0.239 e. The molecule has 3 aromatic heterocycles. The van der Waals surface area contributed by atoms with Gasteiger partial charge in [0.05, 0.1) is 16.6 Å². The minimum Gasteiger partial charge on any atom is -0.303 e. The molecule has 346 valence electrons. The van der Waals surface area contributed by atoms with Gasteiger partial charge in [-0.2, -0.15) is 4.57 Å². The van der Waals surface area contributed by atoms with Crippen molar-refractivity contribution in [3.8, 4) is 95.5 Å². The molecule has 0 fully saturated rings. The molecule has 14 rings (SSSR count). The molecule has 0 saturated carbocycles. The van der Waals surface area contributed by atoms with Crippen LogP contribution in [0.4, 0.5) is 0 Å². The predicted molar refractivity (Wildman–Crippen MR) is 302 cm³/mol. The molecule has 1 aliphatic carbocycles. The molecule has 13 aromatic rings. The highest BCUT2D eigenvalue weighted by Crippen LogP contribution is 2.46. The van der Waals surface area contributed by atoms with E-state index in [1.165, 1.54) is 33.2 Å². The lowest BCUT2D eigenvalue weighted by Gasteiger charge is -2.21. The first-order valence-electron chi connectivity index (χ1n) is 25.2. The highest BCUT2D eigenvalue weighted by Gasteiger charge is 2.38. The highest BCUT2D eigenvalue weighted by molar-refractivity contribution is 6.07. The van der Waals surface area contributed by atoms with Gasteiger partial charge in [-0.3, -0.25) is 0 Å². The summed E-state index contributed by atoms with van der Waals surface area (Å²) in [6.07, 6.45) is 2.27. The van der Waals surface area contributed by atoms with Gasteiger partial charge in [-0.15, -0.1) is 0 Å². The van der Waals surface area contributed by atoms with Gasteiger partial charge in [0.15, 0.2) is 23.7 Å². The first-order valence-corrected chi connectivity index (χ1v) is 25.2. The molecule has 0 radical (unpaired) electrons. The van der Waals surface area contributed by atoms with Crippen LogP contribution in [-0.2, 0) is 0 Å². The van der Waals surface area contributed by atoms with Gasteiger partial charge in [-0.1, -0.05) is 231 Å². The van der Waals surface area contributed by atoms with E-state index < -0.39 is 0 Å². The van der Waals surface area contributed by atoms with Crippen molar-refractivity contribution >= 4 is 21.9 Å². The van der Waals surface area contributed by atoms with Crippen LogP contribution in [0.3, 0.4) is 0 Å². The minimum absolute atomic E-state index is 0.00812. The fourth-order valence-electron chi connectivity index (χ4n) is 11.2. The maximum atomic E-state index is 5.39. The van der Waals surface area contributed by atoms with Gasteiger partial charge in [-0.05, 0) is 74.8 Å². The molecule has 10 aromatic carbocycles. The van der Waals surface area contributed by atoms with Crippen LogP contribution in [-0.4, -0.2) is 19.5 Å².